The van der Waals surface area contributed by atoms with Crippen LogP contribution in [0.25, 0.3) is 0 Å². The van der Waals surface area contributed by atoms with E-state index in [9.17, 15) is 14.4 Å². The fourth-order valence-corrected chi connectivity index (χ4v) is 4.41. The van der Waals surface area contributed by atoms with Crippen LogP contribution in [0, 0.1) is 0 Å². The number of benzene rings is 1. The van der Waals surface area contributed by atoms with Crippen molar-refractivity contribution < 1.29 is 14.1 Å². The van der Waals surface area contributed by atoms with E-state index in [4.69, 9.17) is 4.52 Å². The SMILES string of the molecule is CC.C[C@H]1CCN(C)[C@@H]2Cn3cc(C(=O)NCc4ccccc4)c(=O)c(OP)c3C(=O)N12. The predicted octanol–water partition coefficient (Wildman–Crippen LogP) is 2.48. The second-order valence-corrected chi connectivity index (χ2v) is 8.04. The van der Waals surface area contributed by atoms with Gasteiger partial charge in [-0.1, -0.05) is 44.2 Å². The Morgan fingerprint density at radius 3 is 2.56 bits per heavy atom. The number of pyridine rings is 1. The van der Waals surface area contributed by atoms with Gasteiger partial charge in [0, 0.05) is 25.3 Å². The Hall–Kier alpha value is -2.70. The van der Waals surface area contributed by atoms with Crippen molar-refractivity contribution in [2.45, 2.75) is 52.5 Å². The number of hydrogen-bond acceptors (Lipinski definition) is 5. The molecule has 0 radical (unpaired) electrons. The number of rotatable bonds is 4. The fraction of sp³-hybridized carbons (Fsp3) is 0.435. The number of nitrogens with zero attached hydrogens (tertiary/aromatic N) is 3. The maximum Gasteiger partial charge on any atom is 0.276 e. The lowest BCUT2D eigenvalue weighted by Crippen LogP contribution is -2.62. The first-order chi connectivity index (χ1) is 15.4. The molecule has 3 heterocycles. The van der Waals surface area contributed by atoms with E-state index in [0.717, 1.165) is 18.5 Å². The zero-order chi connectivity index (χ0) is 23.4. The molecule has 2 aromatic rings. The van der Waals surface area contributed by atoms with Crippen LogP contribution in [-0.4, -0.2) is 52.0 Å². The molecule has 2 aliphatic heterocycles. The molecule has 1 unspecified atom stereocenters. The number of amides is 2. The van der Waals surface area contributed by atoms with Gasteiger partial charge in [0.2, 0.25) is 5.43 Å². The first-order valence-corrected chi connectivity index (χ1v) is 11.4. The van der Waals surface area contributed by atoms with Crippen LogP contribution in [0.2, 0.25) is 0 Å². The monoisotopic (exact) mass is 458 g/mol. The molecule has 32 heavy (non-hydrogen) atoms. The Morgan fingerprint density at radius 1 is 1.22 bits per heavy atom. The number of likely N-dealkylation sites (N-methyl/N-ethyl adjacent to an activating group) is 1. The summed E-state index contributed by atoms with van der Waals surface area (Å²) in [6.07, 6.45) is 2.21. The lowest BCUT2D eigenvalue weighted by atomic mass is 10.0. The smallest absolute Gasteiger partial charge is 0.276 e. The van der Waals surface area contributed by atoms with Crippen molar-refractivity contribution in [1.29, 1.82) is 0 Å². The first kappa shape index (κ1) is 24.0. The summed E-state index contributed by atoms with van der Waals surface area (Å²) in [6.45, 7) is 7.65. The van der Waals surface area contributed by atoms with Crippen LogP contribution in [0.4, 0.5) is 0 Å². The van der Waals surface area contributed by atoms with E-state index in [1.54, 1.807) is 9.47 Å². The van der Waals surface area contributed by atoms with E-state index >= 15 is 0 Å². The van der Waals surface area contributed by atoms with Gasteiger partial charge in [-0.25, -0.2) is 0 Å². The van der Waals surface area contributed by atoms with Crippen LogP contribution in [0.15, 0.2) is 41.3 Å². The number of carbonyl (C=O) groups is 2. The zero-order valence-electron chi connectivity index (χ0n) is 19.0. The highest BCUT2D eigenvalue weighted by Gasteiger charge is 2.42. The molecule has 2 aliphatic rings. The maximum atomic E-state index is 13.3. The minimum atomic E-state index is -0.591. The van der Waals surface area contributed by atoms with Gasteiger partial charge in [0.15, 0.2) is 11.4 Å². The van der Waals surface area contributed by atoms with Gasteiger partial charge < -0.3 is 19.3 Å². The van der Waals surface area contributed by atoms with Crippen LogP contribution in [-0.2, 0) is 13.1 Å². The van der Waals surface area contributed by atoms with Crippen LogP contribution >= 0.6 is 9.47 Å². The van der Waals surface area contributed by atoms with Crippen molar-refractivity contribution >= 4 is 21.3 Å². The van der Waals surface area contributed by atoms with Gasteiger partial charge >= 0.3 is 0 Å². The Bertz CT molecular complexity index is 1040. The predicted molar refractivity (Wildman–Crippen MR) is 127 cm³/mol. The second-order valence-electron chi connectivity index (χ2n) is 7.80. The normalized spacial score (nSPS) is 19.9. The number of carbonyl (C=O) groups excluding carboxylic acids is 2. The Morgan fingerprint density at radius 2 is 1.91 bits per heavy atom. The van der Waals surface area contributed by atoms with Crippen molar-refractivity contribution in [2.75, 3.05) is 13.6 Å². The molecule has 2 amide bonds. The van der Waals surface area contributed by atoms with Crippen LogP contribution in [0.3, 0.4) is 0 Å². The molecule has 172 valence electrons. The van der Waals surface area contributed by atoms with E-state index in [1.165, 1.54) is 6.20 Å². The zero-order valence-corrected chi connectivity index (χ0v) is 20.2. The molecule has 1 N–H and O–H groups in total. The average molecular weight is 458 g/mol. The lowest BCUT2D eigenvalue weighted by molar-refractivity contribution is -0.0207. The van der Waals surface area contributed by atoms with E-state index in [0.29, 0.717) is 13.1 Å². The van der Waals surface area contributed by atoms with Gasteiger partial charge in [0.25, 0.3) is 11.8 Å². The number of nitrogens with one attached hydrogen (secondary N) is 1. The standard InChI is InChI=1S/C21H25N4O4P.C2H6/c1-13-8-9-23(2)16-12-24-11-15(20(27)22-10-14-6-4-3-5-7-14)18(26)19(29-30)17(24)21(28)25(13)16;1-2/h3-7,11,13,16H,8-10,12,30H2,1-2H3,(H,22,27);1-2H3/t13-,16-;/m0./s1. The van der Waals surface area contributed by atoms with Crippen LogP contribution < -0.4 is 15.3 Å². The lowest BCUT2D eigenvalue weighted by Gasteiger charge is -2.49. The van der Waals surface area contributed by atoms with E-state index < -0.39 is 11.3 Å². The summed E-state index contributed by atoms with van der Waals surface area (Å²) in [5.41, 5.74) is 0.481. The molecule has 1 saturated heterocycles. The van der Waals surface area contributed by atoms with Gasteiger partial charge in [-0.05, 0) is 26.0 Å². The first-order valence-electron chi connectivity index (χ1n) is 10.9. The second kappa shape index (κ2) is 10.3. The third-order valence-corrected chi connectivity index (χ3v) is 6.13. The van der Waals surface area contributed by atoms with E-state index in [1.807, 2.05) is 67.6 Å². The summed E-state index contributed by atoms with van der Waals surface area (Å²) in [6, 6.07) is 9.51. The van der Waals surface area contributed by atoms with Gasteiger partial charge in [0.05, 0.1) is 16.0 Å². The van der Waals surface area contributed by atoms with Crippen molar-refractivity contribution in [3.63, 3.8) is 0 Å². The third-order valence-electron chi connectivity index (χ3n) is 5.90. The van der Waals surface area contributed by atoms with Crippen molar-refractivity contribution in [1.82, 2.24) is 19.7 Å². The number of hydrogen-bond donors (Lipinski definition) is 1. The third kappa shape index (κ3) is 4.43. The summed E-state index contributed by atoms with van der Waals surface area (Å²) in [5.74, 6) is -0.866. The topological polar surface area (TPSA) is 83.9 Å². The molecule has 8 nitrogen and oxygen atoms in total. The van der Waals surface area contributed by atoms with Gasteiger partial charge in [0.1, 0.15) is 11.7 Å². The average Bonchev–Trinajstić information content (AvgIpc) is 2.82. The molecule has 1 aromatic carbocycles. The summed E-state index contributed by atoms with van der Waals surface area (Å²) in [7, 11) is 4.00. The molecule has 0 saturated carbocycles. The van der Waals surface area contributed by atoms with Gasteiger partial charge in [-0.2, -0.15) is 0 Å². The highest BCUT2D eigenvalue weighted by molar-refractivity contribution is 7.10. The molecule has 1 aromatic heterocycles. The molecule has 9 heteroatoms. The Kier molecular flexibility index (Phi) is 7.69. The molecule has 1 fully saturated rings. The summed E-state index contributed by atoms with van der Waals surface area (Å²) in [4.78, 5) is 43.0. The van der Waals surface area contributed by atoms with Crippen LogP contribution in [0.5, 0.6) is 5.75 Å². The minimum absolute atomic E-state index is 0.0418. The van der Waals surface area contributed by atoms with Crippen LogP contribution in [0.1, 0.15) is 53.6 Å². The molecular formula is C23H31N4O4P. The number of aromatic nitrogens is 1. The Labute approximate surface area is 190 Å². The quantitative estimate of drug-likeness (QED) is 0.712. The minimum Gasteiger partial charge on any atom is -0.474 e. The number of fused-ring (bicyclic) bond motifs is 2. The summed E-state index contributed by atoms with van der Waals surface area (Å²) < 4.78 is 6.93. The molecule has 3 atom stereocenters. The highest BCUT2D eigenvalue weighted by atomic mass is 31.0. The summed E-state index contributed by atoms with van der Waals surface area (Å²) >= 11 is 0. The van der Waals surface area contributed by atoms with E-state index in [2.05, 4.69) is 10.2 Å². The molecule has 0 aliphatic carbocycles. The van der Waals surface area contributed by atoms with E-state index in [-0.39, 0.29) is 35.1 Å². The highest BCUT2D eigenvalue weighted by Crippen LogP contribution is 2.31. The molecule has 4 rings (SSSR count). The van der Waals surface area contributed by atoms with Crippen molar-refractivity contribution in [3.8, 4) is 5.75 Å². The molecular weight excluding hydrogens is 427 g/mol. The van der Waals surface area contributed by atoms with Crippen molar-refractivity contribution in [3.05, 3.63) is 63.6 Å². The maximum absolute atomic E-state index is 13.3. The largest absolute Gasteiger partial charge is 0.474 e. The van der Waals surface area contributed by atoms with Crippen molar-refractivity contribution in [2.24, 2.45) is 0 Å². The van der Waals surface area contributed by atoms with Gasteiger partial charge in [-0.15, -0.1) is 0 Å². The Balaban J connectivity index is 0.00000141. The summed E-state index contributed by atoms with van der Waals surface area (Å²) in [5, 5.41) is 2.78. The van der Waals surface area contributed by atoms with Gasteiger partial charge in [-0.3, -0.25) is 19.3 Å². The molecule has 0 bridgehead atoms. The fourth-order valence-electron chi connectivity index (χ4n) is 4.19. The molecule has 0 spiro atoms.